The molecule has 1 saturated carbocycles. The van der Waals surface area contributed by atoms with Crippen molar-refractivity contribution in [1.29, 1.82) is 0 Å². The minimum atomic E-state index is -2.72. The van der Waals surface area contributed by atoms with E-state index in [0.717, 1.165) is 12.8 Å². The summed E-state index contributed by atoms with van der Waals surface area (Å²) in [5, 5.41) is 5.22. The lowest BCUT2D eigenvalue weighted by molar-refractivity contribution is -0.123. The van der Waals surface area contributed by atoms with Gasteiger partial charge in [0.1, 0.15) is 0 Å². The van der Waals surface area contributed by atoms with Crippen molar-refractivity contribution in [2.75, 3.05) is 6.54 Å². The van der Waals surface area contributed by atoms with Gasteiger partial charge in [-0.1, -0.05) is 0 Å². The molecule has 3 nitrogen and oxygen atoms in total. The lowest BCUT2D eigenvalue weighted by Gasteiger charge is -2.09. The van der Waals surface area contributed by atoms with Crippen LogP contribution in [0.25, 0.3) is 0 Å². The Morgan fingerprint density at radius 1 is 1.46 bits per heavy atom. The van der Waals surface area contributed by atoms with Gasteiger partial charge in [-0.3, -0.25) is 10.1 Å². The van der Waals surface area contributed by atoms with Gasteiger partial charge in [0.2, 0.25) is 5.91 Å². The van der Waals surface area contributed by atoms with Gasteiger partial charge in [-0.25, -0.2) is 8.78 Å². The number of halogens is 2. The fraction of sp³-hybridized carbons (Fsp3) is 0.875. The average molecular weight is 190 g/mol. The van der Waals surface area contributed by atoms with Crippen molar-refractivity contribution in [3.05, 3.63) is 0 Å². The molecular weight excluding hydrogens is 178 g/mol. The average Bonchev–Trinajstić information content (AvgIpc) is 2.75. The number of rotatable bonds is 2. The summed E-state index contributed by atoms with van der Waals surface area (Å²) in [4.78, 5) is 11.3. The highest BCUT2D eigenvalue weighted by Crippen LogP contribution is 2.26. The van der Waals surface area contributed by atoms with Crippen LogP contribution in [0, 0.1) is 0 Å². The SMILES string of the molecule is O=C(NC1CC1)[C@H]1CC(F)(F)CN1. The predicted molar refractivity (Wildman–Crippen MR) is 42.5 cm³/mol. The van der Waals surface area contributed by atoms with Crippen LogP contribution in [0.1, 0.15) is 19.3 Å². The molecule has 0 aromatic rings. The first kappa shape index (κ1) is 8.87. The molecule has 0 bridgehead atoms. The third-order valence-electron chi connectivity index (χ3n) is 2.35. The van der Waals surface area contributed by atoms with E-state index in [2.05, 4.69) is 10.6 Å². The van der Waals surface area contributed by atoms with E-state index in [0.29, 0.717) is 0 Å². The molecule has 1 aliphatic heterocycles. The smallest absolute Gasteiger partial charge is 0.262 e. The van der Waals surface area contributed by atoms with Gasteiger partial charge in [-0.05, 0) is 12.8 Å². The summed E-state index contributed by atoms with van der Waals surface area (Å²) in [5.74, 6) is -2.99. The molecule has 5 heteroatoms. The molecule has 1 atom stereocenters. The van der Waals surface area contributed by atoms with Crippen molar-refractivity contribution in [3.8, 4) is 0 Å². The summed E-state index contributed by atoms with van der Waals surface area (Å²) in [7, 11) is 0. The number of carbonyl (C=O) groups is 1. The van der Waals surface area contributed by atoms with Crippen LogP contribution in [-0.4, -0.2) is 30.5 Å². The van der Waals surface area contributed by atoms with Gasteiger partial charge < -0.3 is 5.32 Å². The van der Waals surface area contributed by atoms with Gasteiger partial charge >= 0.3 is 0 Å². The van der Waals surface area contributed by atoms with E-state index < -0.39 is 12.0 Å². The van der Waals surface area contributed by atoms with E-state index in [1.165, 1.54) is 0 Å². The molecule has 0 aromatic carbocycles. The first-order chi connectivity index (χ1) is 6.07. The van der Waals surface area contributed by atoms with Gasteiger partial charge in [0.25, 0.3) is 5.92 Å². The highest BCUT2D eigenvalue weighted by molar-refractivity contribution is 5.82. The Morgan fingerprint density at radius 3 is 2.62 bits per heavy atom. The summed E-state index contributed by atoms with van der Waals surface area (Å²) in [6.07, 6.45) is 1.59. The maximum atomic E-state index is 12.7. The van der Waals surface area contributed by atoms with E-state index in [-0.39, 0.29) is 24.9 Å². The topological polar surface area (TPSA) is 41.1 Å². The zero-order chi connectivity index (χ0) is 9.47. The van der Waals surface area contributed by atoms with Gasteiger partial charge in [0, 0.05) is 12.5 Å². The molecule has 1 saturated heterocycles. The second kappa shape index (κ2) is 2.90. The van der Waals surface area contributed by atoms with Crippen LogP contribution in [0.15, 0.2) is 0 Å². The minimum Gasteiger partial charge on any atom is -0.352 e. The number of nitrogens with one attached hydrogen (secondary N) is 2. The highest BCUT2D eigenvalue weighted by Gasteiger charge is 2.43. The molecule has 0 aromatic heterocycles. The lowest BCUT2D eigenvalue weighted by Crippen LogP contribution is -2.41. The quantitative estimate of drug-likeness (QED) is 0.656. The first-order valence-corrected chi connectivity index (χ1v) is 4.48. The highest BCUT2D eigenvalue weighted by atomic mass is 19.3. The molecule has 1 heterocycles. The molecule has 2 N–H and O–H groups in total. The van der Waals surface area contributed by atoms with E-state index in [1.807, 2.05) is 0 Å². The van der Waals surface area contributed by atoms with Crippen LogP contribution in [0.5, 0.6) is 0 Å². The Hall–Kier alpha value is -0.710. The number of amides is 1. The second-order valence-electron chi connectivity index (χ2n) is 3.78. The summed E-state index contributed by atoms with van der Waals surface area (Å²) >= 11 is 0. The Balaban J connectivity index is 1.83. The lowest BCUT2D eigenvalue weighted by atomic mass is 10.2. The molecular formula is C8H12F2N2O. The van der Waals surface area contributed by atoms with Crippen LogP contribution in [0.4, 0.5) is 8.78 Å². The normalized spacial score (nSPS) is 31.7. The van der Waals surface area contributed by atoms with Crippen molar-refractivity contribution in [1.82, 2.24) is 10.6 Å². The molecule has 2 fully saturated rings. The van der Waals surface area contributed by atoms with Crippen LogP contribution in [0.2, 0.25) is 0 Å². The number of carbonyl (C=O) groups excluding carboxylic acids is 1. The van der Waals surface area contributed by atoms with Gasteiger partial charge in [0.05, 0.1) is 12.6 Å². The second-order valence-corrected chi connectivity index (χ2v) is 3.78. The molecule has 13 heavy (non-hydrogen) atoms. The third kappa shape index (κ3) is 2.15. The largest absolute Gasteiger partial charge is 0.352 e. The van der Waals surface area contributed by atoms with Crippen molar-refractivity contribution in [3.63, 3.8) is 0 Å². The van der Waals surface area contributed by atoms with Crippen LogP contribution in [0.3, 0.4) is 0 Å². The standard InChI is InChI=1S/C8H12F2N2O/c9-8(10)3-6(11-4-8)7(13)12-5-1-2-5/h5-6,11H,1-4H2,(H,12,13)/t6-/m1/s1. The summed E-state index contributed by atoms with van der Waals surface area (Å²) in [6, 6.07) is -0.459. The van der Waals surface area contributed by atoms with Crippen molar-refractivity contribution in [2.24, 2.45) is 0 Å². The Labute approximate surface area is 74.9 Å². The molecule has 2 aliphatic rings. The van der Waals surface area contributed by atoms with Crippen molar-refractivity contribution >= 4 is 5.91 Å². The van der Waals surface area contributed by atoms with E-state index in [9.17, 15) is 13.6 Å². The minimum absolute atomic E-state index is 0.239. The van der Waals surface area contributed by atoms with Crippen LogP contribution < -0.4 is 10.6 Å². The fourth-order valence-electron chi connectivity index (χ4n) is 1.43. The van der Waals surface area contributed by atoms with Gasteiger partial charge in [-0.15, -0.1) is 0 Å². The number of hydrogen-bond acceptors (Lipinski definition) is 2. The van der Waals surface area contributed by atoms with E-state index in [4.69, 9.17) is 0 Å². The molecule has 1 aliphatic carbocycles. The van der Waals surface area contributed by atoms with E-state index >= 15 is 0 Å². The Kier molecular flexibility index (Phi) is 1.98. The summed E-state index contributed by atoms with van der Waals surface area (Å²) < 4.78 is 25.3. The van der Waals surface area contributed by atoms with E-state index in [1.54, 1.807) is 0 Å². The van der Waals surface area contributed by atoms with Gasteiger partial charge in [0.15, 0.2) is 0 Å². The maximum absolute atomic E-state index is 12.7. The summed E-state index contributed by atoms with van der Waals surface area (Å²) in [5.41, 5.74) is 0. The molecule has 1 amide bonds. The number of hydrogen-bond donors (Lipinski definition) is 2. The molecule has 74 valence electrons. The van der Waals surface area contributed by atoms with Gasteiger partial charge in [-0.2, -0.15) is 0 Å². The van der Waals surface area contributed by atoms with Crippen molar-refractivity contribution in [2.45, 2.75) is 37.3 Å². The Morgan fingerprint density at radius 2 is 2.15 bits per heavy atom. The van der Waals surface area contributed by atoms with Crippen molar-refractivity contribution < 1.29 is 13.6 Å². The fourth-order valence-corrected chi connectivity index (χ4v) is 1.43. The van der Waals surface area contributed by atoms with Crippen LogP contribution in [-0.2, 0) is 4.79 Å². The summed E-state index contributed by atoms with van der Waals surface area (Å²) in [6.45, 7) is -0.379. The number of alkyl halides is 2. The Bertz CT molecular complexity index is 228. The monoisotopic (exact) mass is 190 g/mol. The molecule has 0 radical (unpaired) electrons. The zero-order valence-corrected chi connectivity index (χ0v) is 7.15. The first-order valence-electron chi connectivity index (χ1n) is 4.48. The molecule has 0 spiro atoms. The zero-order valence-electron chi connectivity index (χ0n) is 7.15. The third-order valence-corrected chi connectivity index (χ3v) is 2.35. The predicted octanol–water partition coefficient (Wildman–Crippen LogP) is 0.262. The maximum Gasteiger partial charge on any atom is 0.262 e. The van der Waals surface area contributed by atoms with Crippen LogP contribution >= 0.6 is 0 Å². The molecule has 0 unspecified atom stereocenters. The molecule has 2 rings (SSSR count).